The van der Waals surface area contributed by atoms with Gasteiger partial charge in [0.1, 0.15) is 21.7 Å². The Bertz CT molecular complexity index is 1120. The van der Waals surface area contributed by atoms with Crippen molar-refractivity contribution < 1.29 is 14.3 Å². The Hall–Kier alpha value is -2.86. The molecule has 0 bridgehead atoms. The zero-order chi connectivity index (χ0) is 17.7. The van der Waals surface area contributed by atoms with Crippen LogP contribution in [-0.2, 0) is 11.8 Å². The topological polar surface area (TPSA) is 56.2 Å². The van der Waals surface area contributed by atoms with Crippen molar-refractivity contribution in [2.45, 2.75) is 6.92 Å². The average molecular weight is 352 g/mol. The molecule has 0 saturated heterocycles. The molecule has 4 rings (SSSR count). The monoisotopic (exact) mass is 352 g/mol. The number of carbonyl (C=O) groups excluding carboxylic acids is 1. The van der Waals surface area contributed by atoms with Gasteiger partial charge in [-0.05, 0) is 37.3 Å². The quantitative estimate of drug-likeness (QED) is 0.554. The Labute approximate surface area is 149 Å². The molecule has 0 atom stereocenters. The number of H-pyrrole nitrogens is 1. The highest BCUT2D eigenvalue weighted by molar-refractivity contribution is 7.71. The van der Waals surface area contributed by atoms with E-state index in [-0.39, 0.29) is 0 Å². The molecular weight excluding hydrogens is 336 g/mol. The first-order chi connectivity index (χ1) is 12.0. The van der Waals surface area contributed by atoms with Crippen molar-refractivity contribution >= 4 is 40.9 Å². The molecule has 126 valence electrons. The smallest absolute Gasteiger partial charge is 0.347 e. The molecule has 0 fully saturated rings. The minimum atomic E-state index is -0.416. The van der Waals surface area contributed by atoms with Gasteiger partial charge >= 0.3 is 5.97 Å². The van der Waals surface area contributed by atoms with Crippen LogP contribution in [0.4, 0.5) is 0 Å². The number of aromatic nitrogens is 2. The Morgan fingerprint density at radius 1 is 1.32 bits per heavy atom. The van der Waals surface area contributed by atoms with Crippen molar-refractivity contribution in [1.29, 1.82) is 0 Å². The van der Waals surface area contributed by atoms with Crippen LogP contribution in [0.1, 0.15) is 27.2 Å². The lowest BCUT2D eigenvalue weighted by Gasteiger charge is -2.02. The summed E-state index contributed by atoms with van der Waals surface area (Å²) in [5.41, 5.74) is 4.05. The number of esters is 1. The highest BCUT2D eigenvalue weighted by Gasteiger charge is 2.28. The van der Waals surface area contributed by atoms with Crippen molar-refractivity contribution in [2.75, 3.05) is 7.11 Å². The fourth-order valence-electron chi connectivity index (χ4n) is 3.18. The van der Waals surface area contributed by atoms with Crippen molar-refractivity contribution in [3.05, 3.63) is 57.5 Å². The third-order valence-electron chi connectivity index (χ3n) is 4.35. The van der Waals surface area contributed by atoms with Crippen LogP contribution in [0.15, 0.2) is 30.5 Å². The summed E-state index contributed by atoms with van der Waals surface area (Å²) in [6, 6.07) is 7.79. The summed E-state index contributed by atoms with van der Waals surface area (Å²) in [6.45, 7) is 1.90. The third-order valence-corrected chi connectivity index (χ3v) is 4.66. The maximum absolute atomic E-state index is 12.2. The highest BCUT2D eigenvalue weighted by atomic mass is 32.1. The first-order valence-corrected chi connectivity index (χ1v) is 8.20. The van der Waals surface area contributed by atoms with Crippen molar-refractivity contribution in [3.63, 3.8) is 0 Å². The predicted molar refractivity (Wildman–Crippen MR) is 99.1 cm³/mol. The van der Waals surface area contributed by atoms with Gasteiger partial charge in [-0.2, -0.15) is 0 Å². The summed E-state index contributed by atoms with van der Waals surface area (Å²) in [5, 5.41) is 1.02. The first-order valence-electron chi connectivity index (χ1n) is 7.79. The van der Waals surface area contributed by atoms with Crippen molar-refractivity contribution in [1.82, 2.24) is 9.55 Å². The predicted octanol–water partition coefficient (Wildman–Crippen LogP) is 4.22. The van der Waals surface area contributed by atoms with Gasteiger partial charge in [-0.1, -0.05) is 12.2 Å². The van der Waals surface area contributed by atoms with Crippen LogP contribution in [0.3, 0.4) is 0 Å². The number of methoxy groups -OCH3 is 1. The molecule has 2 aromatic heterocycles. The fourth-order valence-corrected chi connectivity index (χ4v) is 3.54. The van der Waals surface area contributed by atoms with E-state index in [0.29, 0.717) is 16.0 Å². The number of nitrogens with zero attached hydrogens (tertiary/aromatic N) is 1. The van der Waals surface area contributed by atoms with E-state index < -0.39 is 5.97 Å². The van der Waals surface area contributed by atoms with E-state index in [9.17, 15) is 4.79 Å². The molecule has 1 aliphatic rings. The Morgan fingerprint density at radius 3 is 2.88 bits per heavy atom. The molecule has 0 radical (unpaired) electrons. The van der Waals surface area contributed by atoms with Gasteiger partial charge in [0, 0.05) is 41.0 Å². The first kappa shape index (κ1) is 15.7. The largest absolute Gasteiger partial charge is 0.497 e. The van der Waals surface area contributed by atoms with E-state index >= 15 is 0 Å². The zero-order valence-electron chi connectivity index (χ0n) is 14.0. The lowest BCUT2D eigenvalue weighted by atomic mass is 10.1. The van der Waals surface area contributed by atoms with Crippen LogP contribution in [0.25, 0.3) is 22.7 Å². The number of nitrogens with one attached hydrogen (secondary N) is 1. The number of fused-ring (bicyclic) bond motifs is 2. The number of aryl methyl sites for hydroxylation is 2. The standard InChI is InChI=1S/C19H16N2O3S/c1-10-6-14-16(24-19(22)17(14)18(25)20-10)7-11-9-21(2)15-5-4-12(23-3)8-13(11)15/h4-9H,1-3H3,(H,20,25)/b16-7-. The second kappa shape index (κ2) is 5.60. The maximum atomic E-state index is 12.2. The summed E-state index contributed by atoms with van der Waals surface area (Å²) >= 11 is 5.27. The molecule has 5 nitrogen and oxygen atoms in total. The Balaban J connectivity index is 1.93. The van der Waals surface area contributed by atoms with Crippen molar-refractivity contribution in [2.24, 2.45) is 7.05 Å². The highest BCUT2D eigenvalue weighted by Crippen LogP contribution is 2.34. The SMILES string of the molecule is COc1ccc2c(c1)c(/C=C1\OC(=O)c3c1cc(C)[nH]c3=S)cn2C. The van der Waals surface area contributed by atoms with Crippen LogP contribution in [0, 0.1) is 11.6 Å². The second-order valence-corrected chi connectivity index (χ2v) is 6.45. The van der Waals surface area contributed by atoms with Crippen LogP contribution < -0.4 is 4.74 Å². The summed E-state index contributed by atoms with van der Waals surface area (Å²) in [7, 11) is 3.62. The fraction of sp³-hybridized carbons (Fsp3) is 0.158. The number of hydrogen-bond donors (Lipinski definition) is 1. The molecule has 1 aromatic carbocycles. The van der Waals surface area contributed by atoms with E-state index in [0.717, 1.165) is 33.5 Å². The average Bonchev–Trinajstić information content (AvgIpc) is 3.05. The van der Waals surface area contributed by atoms with Gasteiger partial charge in [-0.3, -0.25) is 0 Å². The number of aromatic amines is 1. The minimum absolute atomic E-state index is 0.406. The molecule has 25 heavy (non-hydrogen) atoms. The van der Waals surface area contributed by atoms with Gasteiger partial charge < -0.3 is 19.0 Å². The molecule has 1 aliphatic heterocycles. The van der Waals surface area contributed by atoms with Gasteiger partial charge in [0.2, 0.25) is 0 Å². The number of hydrogen-bond acceptors (Lipinski definition) is 4. The molecular formula is C19H16N2O3S. The lowest BCUT2D eigenvalue weighted by molar-refractivity contribution is 0.0716. The van der Waals surface area contributed by atoms with Crippen LogP contribution in [0.5, 0.6) is 5.75 Å². The van der Waals surface area contributed by atoms with Gasteiger partial charge in [-0.25, -0.2) is 4.79 Å². The summed E-state index contributed by atoms with van der Waals surface area (Å²) in [6.07, 6.45) is 3.87. The number of pyridine rings is 1. The minimum Gasteiger partial charge on any atom is -0.497 e. The molecule has 0 aliphatic carbocycles. The molecule has 0 spiro atoms. The number of cyclic esters (lactones) is 1. The normalized spacial score (nSPS) is 14.8. The lowest BCUT2D eigenvalue weighted by Crippen LogP contribution is -1.97. The van der Waals surface area contributed by atoms with Crippen LogP contribution in [-0.4, -0.2) is 22.6 Å². The van der Waals surface area contributed by atoms with Crippen LogP contribution in [0.2, 0.25) is 0 Å². The third kappa shape index (κ3) is 2.46. The van der Waals surface area contributed by atoms with Gasteiger partial charge in [0.25, 0.3) is 0 Å². The van der Waals surface area contributed by atoms with E-state index in [2.05, 4.69) is 4.98 Å². The van der Waals surface area contributed by atoms with Crippen molar-refractivity contribution in [3.8, 4) is 5.75 Å². The zero-order valence-corrected chi connectivity index (χ0v) is 14.9. The molecule has 3 heterocycles. The van der Waals surface area contributed by atoms with Gasteiger partial charge in [0.15, 0.2) is 0 Å². The van der Waals surface area contributed by atoms with E-state index in [1.165, 1.54) is 0 Å². The summed E-state index contributed by atoms with van der Waals surface area (Å²) in [4.78, 5) is 15.2. The maximum Gasteiger partial charge on any atom is 0.347 e. The molecule has 0 unspecified atom stereocenters. The van der Waals surface area contributed by atoms with E-state index in [4.69, 9.17) is 21.7 Å². The Kier molecular flexibility index (Phi) is 3.51. The number of rotatable bonds is 2. The molecule has 1 N–H and O–H groups in total. The number of ether oxygens (including phenoxy) is 2. The Morgan fingerprint density at radius 2 is 2.12 bits per heavy atom. The van der Waals surface area contributed by atoms with Gasteiger partial charge in [-0.15, -0.1) is 0 Å². The number of benzene rings is 1. The second-order valence-electron chi connectivity index (χ2n) is 6.05. The molecule has 6 heteroatoms. The molecule has 3 aromatic rings. The molecule has 0 saturated carbocycles. The molecule has 0 amide bonds. The summed E-state index contributed by atoms with van der Waals surface area (Å²) < 4.78 is 13.2. The van der Waals surface area contributed by atoms with E-state index in [1.54, 1.807) is 7.11 Å². The van der Waals surface area contributed by atoms with Gasteiger partial charge in [0.05, 0.1) is 7.11 Å². The van der Waals surface area contributed by atoms with E-state index in [1.807, 2.05) is 55.1 Å². The number of carbonyl (C=O) groups is 1. The van der Waals surface area contributed by atoms with Crippen LogP contribution >= 0.6 is 12.2 Å². The summed E-state index contributed by atoms with van der Waals surface area (Å²) in [5.74, 6) is 0.874.